The quantitative estimate of drug-likeness (QED) is 0.0210. The summed E-state index contributed by atoms with van der Waals surface area (Å²) in [4.78, 5) is 121. The van der Waals surface area contributed by atoms with Crippen molar-refractivity contribution in [3.05, 3.63) is 48.0 Å². The van der Waals surface area contributed by atoms with Crippen molar-refractivity contribution in [3.8, 4) is 5.75 Å². The molecular formula is C44H69N13O10. The van der Waals surface area contributed by atoms with Gasteiger partial charge in [-0.2, -0.15) is 0 Å². The van der Waals surface area contributed by atoms with E-state index in [4.69, 9.17) is 16.2 Å². The number of aromatic nitrogens is 2. The number of hydrogen-bond acceptors (Lipinski definition) is 13. The number of guanidine groups is 1. The molecule has 67 heavy (non-hydrogen) atoms. The predicted molar refractivity (Wildman–Crippen MR) is 246 cm³/mol. The molecule has 23 heteroatoms. The molecule has 0 bridgehead atoms. The maximum absolute atomic E-state index is 14.5. The van der Waals surface area contributed by atoms with Crippen molar-refractivity contribution in [3.63, 3.8) is 0 Å². The fourth-order valence-corrected chi connectivity index (χ4v) is 7.39. The number of esters is 1. The Hall–Kier alpha value is -6.78. The molecule has 0 unspecified atom stereocenters. The third kappa shape index (κ3) is 17.2. The van der Waals surface area contributed by atoms with E-state index in [1.165, 1.54) is 43.6 Å². The van der Waals surface area contributed by atoms with E-state index in [1.807, 2.05) is 6.92 Å². The molecule has 23 nitrogen and oxygen atoms in total. The lowest BCUT2D eigenvalue weighted by Gasteiger charge is -2.32. The number of H-pyrrole nitrogens is 1. The van der Waals surface area contributed by atoms with Gasteiger partial charge in [0, 0.05) is 37.8 Å². The molecule has 7 amide bonds. The second-order valence-corrected chi connectivity index (χ2v) is 16.9. The molecule has 1 saturated heterocycles. The molecule has 0 radical (unpaired) electrons. The van der Waals surface area contributed by atoms with E-state index in [2.05, 4.69) is 52.2 Å². The predicted octanol–water partition coefficient (Wildman–Crippen LogP) is -2.03. The van der Waals surface area contributed by atoms with Gasteiger partial charge in [-0.3, -0.25) is 38.6 Å². The van der Waals surface area contributed by atoms with Crippen molar-refractivity contribution in [2.24, 2.45) is 28.3 Å². The fraction of sp³-hybridized carbons (Fsp3) is 0.591. The first kappa shape index (κ1) is 54.6. The number of aromatic amines is 1. The third-order valence-electron chi connectivity index (χ3n) is 11.3. The molecule has 2 heterocycles. The van der Waals surface area contributed by atoms with Gasteiger partial charge in [0.25, 0.3) is 0 Å². The maximum Gasteiger partial charge on any atom is 0.328 e. The van der Waals surface area contributed by atoms with Crippen LogP contribution >= 0.6 is 0 Å². The van der Waals surface area contributed by atoms with Crippen molar-refractivity contribution in [2.75, 3.05) is 33.8 Å². The van der Waals surface area contributed by atoms with E-state index in [9.17, 15) is 43.5 Å². The van der Waals surface area contributed by atoms with Crippen LogP contribution in [0, 0.1) is 11.8 Å². The number of phenolic OH excluding ortho intramolecular Hbond substituents is 1. The number of carbonyl (C=O) groups is 8. The van der Waals surface area contributed by atoms with Crippen LogP contribution in [0.4, 0.5) is 0 Å². The van der Waals surface area contributed by atoms with E-state index >= 15 is 0 Å². The minimum absolute atomic E-state index is 0.0320. The number of nitrogens with one attached hydrogen (secondary N) is 8. The number of ether oxygens (including phenoxy) is 1. The number of methoxy groups -OCH3 is 1. The number of amides is 7. The molecule has 1 aromatic carbocycles. The number of aromatic hydroxyl groups is 1. The van der Waals surface area contributed by atoms with Gasteiger partial charge in [-0.15, -0.1) is 0 Å². The van der Waals surface area contributed by atoms with Crippen LogP contribution < -0.4 is 48.7 Å². The summed E-state index contributed by atoms with van der Waals surface area (Å²) >= 11 is 0. The van der Waals surface area contributed by atoms with Gasteiger partial charge in [0.05, 0.1) is 20.0 Å². The largest absolute Gasteiger partial charge is 0.508 e. The number of phenols is 1. The summed E-state index contributed by atoms with van der Waals surface area (Å²) in [6, 6.07) is -2.02. The lowest BCUT2D eigenvalue weighted by atomic mass is 9.96. The first-order valence-electron chi connectivity index (χ1n) is 22.4. The summed E-state index contributed by atoms with van der Waals surface area (Å²) in [6.07, 6.45) is 4.40. The maximum atomic E-state index is 14.5. The standard InChI is InChI=1S/C44H69N13O10/c1-8-25(4)36(41(64)54-32(20-28-21-48-23-50-28)42(65)57-18-10-12-33(57)39(62)51-26(5)43(66)67-7)56-38(61)31(19-27-13-15-29(58)16-14-27)53-40(63)35(24(2)3)55-37(60)30(52-34(59)22-47-6)11-9-17-49-44(45)46/h13-16,21,23-26,30-33,35-36,47,58H,8-12,17-20,22H2,1-7H3,(H,48,50)(H,51,62)(H,52,59)(H,53,63)(H,54,64)(H,55,60)(H,56,61)(H4,45,46,49)/t25-,26-,30-,31-,32-,33-,35-,36-/m0/s1. The zero-order chi connectivity index (χ0) is 49.8. The van der Waals surface area contributed by atoms with Crippen LogP contribution in [0.5, 0.6) is 5.75 Å². The number of rotatable bonds is 26. The van der Waals surface area contributed by atoms with Crippen LogP contribution in [-0.4, -0.2) is 149 Å². The second kappa shape index (κ2) is 27.0. The van der Waals surface area contributed by atoms with Crippen LogP contribution in [0.25, 0.3) is 0 Å². The Labute approximate surface area is 390 Å². The summed E-state index contributed by atoms with van der Waals surface area (Å²) in [5.74, 6) is -6.32. The molecule has 1 aliphatic heterocycles. The molecule has 8 atom stereocenters. The number of benzene rings is 1. The van der Waals surface area contributed by atoms with Gasteiger partial charge in [-0.05, 0) is 69.2 Å². The van der Waals surface area contributed by atoms with Gasteiger partial charge in [-0.1, -0.05) is 46.2 Å². The van der Waals surface area contributed by atoms with Gasteiger partial charge >= 0.3 is 5.97 Å². The zero-order valence-electron chi connectivity index (χ0n) is 39.3. The van der Waals surface area contributed by atoms with Crippen LogP contribution in [0.3, 0.4) is 0 Å². The Kier molecular flexibility index (Phi) is 22.0. The normalized spacial score (nSPS) is 16.5. The van der Waals surface area contributed by atoms with Crippen molar-refractivity contribution in [1.29, 1.82) is 0 Å². The average Bonchev–Trinajstić information content (AvgIpc) is 4.01. The third-order valence-corrected chi connectivity index (χ3v) is 11.3. The number of likely N-dealkylation sites (tertiary alicyclic amines) is 1. The van der Waals surface area contributed by atoms with E-state index in [1.54, 1.807) is 40.0 Å². The van der Waals surface area contributed by atoms with Crippen molar-refractivity contribution in [2.45, 2.75) is 122 Å². The molecule has 0 spiro atoms. The van der Waals surface area contributed by atoms with Crippen LogP contribution in [-0.2, 0) is 55.9 Å². The monoisotopic (exact) mass is 940 g/mol. The topological polar surface area (TPSA) is 347 Å². The lowest BCUT2D eigenvalue weighted by Crippen LogP contribution is -2.62. The smallest absolute Gasteiger partial charge is 0.328 e. The Morgan fingerprint density at radius 2 is 1.51 bits per heavy atom. The molecule has 370 valence electrons. The number of carbonyl (C=O) groups excluding carboxylic acids is 8. The average molecular weight is 940 g/mol. The van der Waals surface area contributed by atoms with E-state index in [0.717, 1.165) is 0 Å². The van der Waals surface area contributed by atoms with Crippen molar-refractivity contribution >= 4 is 53.3 Å². The van der Waals surface area contributed by atoms with Crippen molar-refractivity contribution < 1.29 is 48.2 Å². The number of aliphatic imine (C=N–C) groups is 1. The van der Waals surface area contributed by atoms with Crippen LogP contribution in [0.1, 0.15) is 78.0 Å². The molecule has 0 saturated carbocycles. The summed E-state index contributed by atoms with van der Waals surface area (Å²) in [5, 5.41) is 29.0. The van der Waals surface area contributed by atoms with Gasteiger partial charge in [0.15, 0.2) is 5.96 Å². The van der Waals surface area contributed by atoms with Crippen LogP contribution in [0.2, 0.25) is 0 Å². The fourth-order valence-electron chi connectivity index (χ4n) is 7.39. The first-order valence-corrected chi connectivity index (χ1v) is 22.4. The highest BCUT2D eigenvalue weighted by molar-refractivity contribution is 5.98. The molecule has 3 rings (SSSR count). The highest BCUT2D eigenvalue weighted by Crippen LogP contribution is 2.21. The summed E-state index contributed by atoms with van der Waals surface area (Å²) < 4.78 is 4.73. The molecule has 1 aromatic heterocycles. The molecule has 1 aliphatic rings. The zero-order valence-corrected chi connectivity index (χ0v) is 39.3. The minimum Gasteiger partial charge on any atom is -0.508 e. The summed E-state index contributed by atoms with van der Waals surface area (Å²) in [6.45, 7) is 8.70. The Bertz CT molecular complexity index is 2010. The Morgan fingerprint density at radius 1 is 0.866 bits per heavy atom. The molecule has 13 N–H and O–H groups in total. The Balaban J connectivity index is 1.91. The minimum atomic E-state index is -1.33. The van der Waals surface area contributed by atoms with Crippen LogP contribution in [0.15, 0.2) is 41.8 Å². The first-order chi connectivity index (χ1) is 31.8. The number of hydrogen-bond donors (Lipinski definition) is 11. The number of nitrogens with two attached hydrogens (primary N) is 2. The number of nitrogens with zero attached hydrogens (tertiary/aromatic N) is 3. The van der Waals surface area contributed by atoms with Gasteiger partial charge in [-0.25, -0.2) is 9.78 Å². The highest BCUT2D eigenvalue weighted by Gasteiger charge is 2.40. The lowest BCUT2D eigenvalue weighted by molar-refractivity contribution is -0.146. The van der Waals surface area contributed by atoms with Gasteiger partial charge < -0.3 is 68.4 Å². The molecule has 2 aromatic rings. The van der Waals surface area contributed by atoms with Gasteiger partial charge in [0.2, 0.25) is 41.4 Å². The Morgan fingerprint density at radius 3 is 2.10 bits per heavy atom. The molecule has 1 fully saturated rings. The highest BCUT2D eigenvalue weighted by atomic mass is 16.5. The number of imidazole rings is 1. The SMILES string of the molecule is CC[C@H](C)[C@H](NC(=O)[C@H](Cc1ccc(O)cc1)NC(=O)[C@@H](NC(=O)[C@H](CCCN=C(N)N)NC(=O)CNC)C(C)C)C(=O)N[C@@H](Cc1cnc[nH]1)C(=O)N1CCC[C@H]1C(=O)N[C@@H](C)C(=O)OC. The van der Waals surface area contributed by atoms with Crippen molar-refractivity contribution in [1.82, 2.24) is 52.1 Å². The summed E-state index contributed by atoms with van der Waals surface area (Å²) in [5.41, 5.74) is 11.9. The second-order valence-electron chi connectivity index (χ2n) is 16.9. The number of likely N-dealkylation sites (N-methyl/N-ethyl adjacent to an activating group) is 1. The molecular weight excluding hydrogens is 871 g/mol. The summed E-state index contributed by atoms with van der Waals surface area (Å²) in [7, 11) is 2.77. The van der Waals surface area contributed by atoms with E-state index in [-0.39, 0.29) is 50.6 Å². The molecule has 0 aliphatic carbocycles. The van der Waals surface area contributed by atoms with Gasteiger partial charge in [0.1, 0.15) is 48.0 Å². The van der Waals surface area contributed by atoms with E-state index < -0.39 is 101 Å². The van der Waals surface area contributed by atoms with E-state index in [0.29, 0.717) is 36.9 Å².